The Morgan fingerprint density at radius 3 is 2.38 bits per heavy atom. The van der Waals surface area contributed by atoms with Crippen LogP contribution in [0.25, 0.3) is 0 Å². The molecular weight excluding hydrogens is 394 g/mol. The number of nitrogens with zero attached hydrogens (tertiary/aromatic N) is 3. The molecule has 1 aliphatic heterocycles. The minimum absolute atomic E-state index is 0.130. The first-order chi connectivity index (χ1) is 15.4. The summed E-state index contributed by atoms with van der Waals surface area (Å²) in [6.45, 7) is 10.2. The largest absolute Gasteiger partial charge is 0.353 e. The van der Waals surface area contributed by atoms with E-state index < -0.39 is 0 Å². The van der Waals surface area contributed by atoms with Gasteiger partial charge < -0.3 is 9.47 Å². The standard InChI is InChI=1S/C28H35N3O/c1-21(2)31(28(32)23-12-6-5-7-13-23)18-24-17-30(19-25-14-10-16-29(25)4)20-27(24)26-15-9-8-11-22(26)3/h5-16,21,24,27H,17-20H2,1-4H3/t24-,27-/m1/s1. The van der Waals surface area contributed by atoms with Crippen molar-refractivity contribution in [1.82, 2.24) is 14.4 Å². The van der Waals surface area contributed by atoms with Gasteiger partial charge in [-0.1, -0.05) is 42.5 Å². The topological polar surface area (TPSA) is 28.5 Å². The van der Waals surface area contributed by atoms with Crippen LogP contribution >= 0.6 is 0 Å². The molecule has 1 saturated heterocycles. The van der Waals surface area contributed by atoms with Gasteiger partial charge in [0.2, 0.25) is 0 Å². The second-order valence-corrected chi connectivity index (χ2v) is 9.44. The Morgan fingerprint density at radius 2 is 1.72 bits per heavy atom. The van der Waals surface area contributed by atoms with Gasteiger partial charge in [-0.25, -0.2) is 0 Å². The van der Waals surface area contributed by atoms with Crippen molar-refractivity contribution in [1.29, 1.82) is 0 Å². The van der Waals surface area contributed by atoms with Crippen LogP contribution in [0.1, 0.15) is 46.9 Å². The van der Waals surface area contributed by atoms with E-state index in [0.717, 1.165) is 31.7 Å². The van der Waals surface area contributed by atoms with E-state index in [2.05, 4.69) is 84.8 Å². The summed E-state index contributed by atoms with van der Waals surface area (Å²) < 4.78 is 2.20. The highest BCUT2D eigenvalue weighted by atomic mass is 16.2. The van der Waals surface area contributed by atoms with E-state index in [1.165, 1.54) is 16.8 Å². The van der Waals surface area contributed by atoms with Crippen LogP contribution in [-0.2, 0) is 13.6 Å². The van der Waals surface area contributed by atoms with E-state index in [4.69, 9.17) is 0 Å². The van der Waals surface area contributed by atoms with Crippen LogP contribution in [0.4, 0.5) is 0 Å². The number of benzene rings is 2. The van der Waals surface area contributed by atoms with Gasteiger partial charge in [0.05, 0.1) is 0 Å². The molecule has 2 heterocycles. The Balaban J connectivity index is 1.59. The molecule has 4 rings (SSSR count). The number of hydrogen-bond acceptors (Lipinski definition) is 2. The molecule has 2 atom stereocenters. The lowest BCUT2D eigenvalue weighted by atomic mass is 9.86. The van der Waals surface area contributed by atoms with Crippen molar-refractivity contribution < 1.29 is 4.79 Å². The lowest BCUT2D eigenvalue weighted by Gasteiger charge is -2.32. The lowest BCUT2D eigenvalue weighted by Crippen LogP contribution is -2.42. The zero-order chi connectivity index (χ0) is 22.7. The van der Waals surface area contributed by atoms with Gasteiger partial charge in [-0.3, -0.25) is 9.69 Å². The number of aryl methyl sites for hydroxylation is 2. The van der Waals surface area contributed by atoms with Crippen LogP contribution in [0.5, 0.6) is 0 Å². The molecule has 1 aromatic heterocycles. The van der Waals surface area contributed by atoms with E-state index in [1.54, 1.807) is 0 Å². The van der Waals surface area contributed by atoms with Gasteiger partial charge in [0, 0.05) is 62.6 Å². The molecule has 2 aromatic carbocycles. The molecule has 32 heavy (non-hydrogen) atoms. The summed E-state index contributed by atoms with van der Waals surface area (Å²) in [5, 5.41) is 0. The number of carbonyl (C=O) groups excluding carboxylic acids is 1. The number of rotatable bonds is 7. The fraction of sp³-hybridized carbons (Fsp3) is 0.393. The average Bonchev–Trinajstić information content (AvgIpc) is 3.38. The summed E-state index contributed by atoms with van der Waals surface area (Å²) in [6, 6.07) is 22.9. The zero-order valence-corrected chi connectivity index (χ0v) is 19.7. The van der Waals surface area contributed by atoms with Crippen molar-refractivity contribution in [2.45, 2.75) is 39.3 Å². The summed E-state index contributed by atoms with van der Waals surface area (Å²) in [4.78, 5) is 18.0. The van der Waals surface area contributed by atoms with Crippen LogP contribution < -0.4 is 0 Å². The minimum atomic E-state index is 0.130. The molecular formula is C28H35N3O. The molecule has 3 aromatic rings. The first-order valence-electron chi connectivity index (χ1n) is 11.7. The quantitative estimate of drug-likeness (QED) is 0.523. The molecule has 0 bridgehead atoms. The van der Waals surface area contributed by atoms with Crippen molar-refractivity contribution in [3.8, 4) is 0 Å². The van der Waals surface area contributed by atoms with Gasteiger partial charge in [-0.2, -0.15) is 0 Å². The monoisotopic (exact) mass is 429 g/mol. The van der Waals surface area contributed by atoms with E-state index >= 15 is 0 Å². The third-order valence-electron chi connectivity index (χ3n) is 6.88. The smallest absolute Gasteiger partial charge is 0.254 e. The number of aromatic nitrogens is 1. The molecule has 1 aliphatic rings. The first kappa shape index (κ1) is 22.3. The van der Waals surface area contributed by atoms with Crippen molar-refractivity contribution in [2.24, 2.45) is 13.0 Å². The van der Waals surface area contributed by atoms with Crippen molar-refractivity contribution >= 4 is 5.91 Å². The Labute approximate surface area is 192 Å². The number of hydrogen-bond donors (Lipinski definition) is 0. The minimum Gasteiger partial charge on any atom is -0.353 e. The fourth-order valence-electron chi connectivity index (χ4n) is 5.05. The maximum Gasteiger partial charge on any atom is 0.254 e. The summed E-state index contributed by atoms with van der Waals surface area (Å²) in [6.07, 6.45) is 2.11. The van der Waals surface area contributed by atoms with Crippen LogP contribution in [0, 0.1) is 12.8 Å². The van der Waals surface area contributed by atoms with Crippen LogP contribution in [0.2, 0.25) is 0 Å². The third-order valence-corrected chi connectivity index (χ3v) is 6.88. The first-order valence-corrected chi connectivity index (χ1v) is 11.7. The van der Waals surface area contributed by atoms with Crippen LogP contribution in [-0.4, -0.2) is 46.0 Å². The van der Waals surface area contributed by atoms with Gasteiger partial charge in [-0.05, 0) is 62.1 Å². The zero-order valence-electron chi connectivity index (χ0n) is 19.7. The SMILES string of the molecule is Cc1ccccc1[C@@H]1CN(Cc2cccn2C)C[C@@H]1CN(C(=O)c1ccccc1)C(C)C. The second kappa shape index (κ2) is 9.74. The Morgan fingerprint density at radius 1 is 1.00 bits per heavy atom. The van der Waals surface area contributed by atoms with Gasteiger partial charge >= 0.3 is 0 Å². The molecule has 4 nitrogen and oxygen atoms in total. The van der Waals surface area contributed by atoms with Gasteiger partial charge in [0.1, 0.15) is 0 Å². The highest BCUT2D eigenvalue weighted by Crippen LogP contribution is 2.36. The highest BCUT2D eigenvalue weighted by Gasteiger charge is 2.37. The molecule has 168 valence electrons. The van der Waals surface area contributed by atoms with Crippen LogP contribution in [0.15, 0.2) is 72.9 Å². The molecule has 0 unspecified atom stereocenters. The fourth-order valence-corrected chi connectivity index (χ4v) is 5.05. The Bertz CT molecular complexity index is 1040. The summed E-state index contributed by atoms with van der Waals surface area (Å²) in [7, 11) is 2.11. The second-order valence-electron chi connectivity index (χ2n) is 9.44. The predicted molar refractivity (Wildman–Crippen MR) is 131 cm³/mol. The maximum atomic E-state index is 13.4. The Hall–Kier alpha value is -2.85. The highest BCUT2D eigenvalue weighted by molar-refractivity contribution is 5.94. The van der Waals surface area contributed by atoms with E-state index in [0.29, 0.717) is 11.8 Å². The van der Waals surface area contributed by atoms with E-state index in [1.807, 2.05) is 30.3 Å². The van der Waals surface area contributed by atoms with Crippen molar-refractivity contribution in [3.05, 3.63) is 95.3 Å². The molecule has 1 fully saturated rings. The van der Waals surface area contributed by atoms with E-state index in [-0.39, 0.29) is 11.9 Å². The number of likely N-dealkylation sites (tertiary alicyclic amines) is 1. The average molecular weight is 430 g/mol. The molecule has 0 aliphatic carbocycles. The number of carbonyl (C=O) groups is 1. The van der Waals surface area contributed by atoms with Gasteiger partial charge in [0.25, 0.3) is 5.91 Å². The molecule has 0 radical (unpaired) electrons. The van der Waals surface area contributed by atoms with Gasteiger partial charge in [-0.15, -0.1) is 0 Å². The summed E-state index contributed by atoms with van der Waals surface area (Å²) in [5.74, 6) is 0.942. The van der Waals surface area contributed by atoms with Crippen LogP contribution in [0.3, 0.4) is 0 Å². The Kier molecular flexibility index (Phi) is 6.80. The summed E-state index contributed by atoms with van der Waals surface area (Å²) >= 11 is 0. The molecule has 0 N–H and O–H groups in total. The molecule has 1 amide bonds. The summed E-state index contributed by atoms with van der Waals surface area (Å²) in [5.41, 5.74) is 4.86. The van der Waals surface area contributed by atoms with Gasteiger partial charge in [0.15, 0.2) is 0 Å². The third kappa shape index (κ3) is 4.81. The lowest BCUT2D eigenvalue weighted by molar-refractivity contribution is 0.0668. The van der Waals surface area contributed by atoms with Crippen molar-refractivity contribution in [3.63, 3.8) is 0 Å². The molecule has 4 heteroatoms. The molecule has 0 spiro atoms. The molecule has 0 saturated carbocycles. The van der Waals surface area contributed by atoms with E-state index in [9.17, 15) is 4.79 Å². The number of amides is 1. The normalized spacial score (nSPS) is 18.9. The van der Waals surface area contributed by atoms with Crippen molar-refractivity contribution in [2.75, 3.05) is 19.6 Å². The maximum absolute atomic E-state index is 13.4. The predicted octanol–water partition coefficient (Wildman–Crippen LogP) is 5.10.